The van der Waals surface area contributed by atoms with E-state index in [1.54, 1.807) is 6.33 Å². The average Bonchev–Trinajstić information content (AvgIpc) is 2.58. The van der Waals surface area contributed by atoms with Crippen LogP contribution in [0.3, 0.4) is 0 Å². The van der Waals surface area contributed by atoms with E-state index in [2.05, 4.69) is 27.5 Å². The Labute approximate surface area is 70.4 Å². The Morgan fingerprint density at radius 3 is 2.67 bits per heavy atom. The van der Waals surface area contributed by atoms with E-state index in [1.807, 2.05) is 4.68 Å². The van der Waals surface area contributed by atoms with Gasteiger partial charge in [-0.25, -0.2) is 4.68 Å². The van der Waals surface area contributed by atoms with E-state index < -0.39 is 0 Å². The summed E-state index contributed by atoms with van der Waals surface area (Å²) in [6, 6.07) is 0.594. The van der Waals surface area contributed by atoms with Gasteiger partial charge in [0.05, 0.1) is 6.04 Å². The number of tetrazole rings is 1. The van der Waals surface area contributed by atoms with Crippen LogP contribution in [-0.2, 0) is 0 Å². The number of rotatable bonds is 1. The van der Waals surface area contributed by atoms with Gasteiger partial charge in [0.15, 0.2) is 0 Å². The lowest BCUT2D eigenvalue weighted by Crippen LogP contribution is -2.20. The third kappa shape index (κ3) is 0.741. The minimum atomic E-state index is 0.594. The molecule has 0 bridgehead atoms. The molecule has 5 heteroatoms. The third-order valence-electron chi connectivity index (χ3n) is 3.00. The molecule has 1 saturated heterocycles. The van der Waals surface area contributed by atoms with E-state index in [4.69, 9.17) is 0 Å². The maximum atomic E-state index is 3.92. The van der Waals surface area contributed by atoms with E-state index in [-0.39, 0.29) is 0 Å². The summed E-state index contributed by atoms with van der Waals surface area (Å²) in [4.78, 5) is 2.37. The summed E-state index contributed by atoms with van der Waals surface area (Å²) in [5, 5.41) is 11.2. The molecule has 1 aliphatic heterocycles. The first-order valence-corrected chi connectivity index (χ1v) is 4.27. The van der Waals surface area contributed by atoms with Gasteiger partial charge in [-0.05, 0) is 17.5 Å². The predicted molar refractivity (Wildman–Crippen MR) is 41.3 cm³/mol. The van der Waals surface area contributed by atoms with Gasteiger partial charge in [-0.2, -0.15) is 0 Å². The molecular formula is C7H11N5. The highest BCUT2D eigenvalue weighted by Gasteiger charge is 2.56. The minimum absolute atomic E-state index is 0.594. The van der Waals surface area contributed by atoms with Gasteiger partial charge in [0.25, 0.3) is 0 Å². The normalized spacial score (nSPS) is 39.9. The van der Waals surface area contributed by atoms with Gasteiger partial charge in [0, 0.05) is 24.9 Å². The highest BCUT2D eigenvalue weighted by molar-refractivity contribution is 5.06. The maximum Gasteiger partial charge on any atom is 0.138 e. The lowest BCUT2D eigenvalue weighted by Gasteiger charge is -2.11. The fourth-order valence-electron chi connectivity index (χ4n) is 2.40. The van der Waals surface area contributed by atoms with E-state index in [1.165, 1.54) is 13.1 Å². The predicted octanol–water partition coefficient (Wildman–Crippen LogP) is -0.594. The Balaban J connectivity index is 1.78. The zero-order chi connectivity index (χ0) is 8.13. The van der Waals surface area contributed by atoms with Crippen LogP contribution >= 0.6 is 0 Å². The van der Waals surface area contributed by atoms with E-state index in [9.17, 15) is 0 Å². The SMILES string of the molecule is CN1C[C@@H]2[C@H](C1)[C@H]2n1cnnn1. The summed E-state index contributed by atoms with van der Waals surface area (Å²) in [5.41, 5.74) is 0. The van der Waals surface area contributed by atoms with E-state index in [0.717, 1.165) is 11.8 Å². The van der Waals surface area contributed by atoms with Crippen LogP contribution in [0.4, 0.5) is 0 Å². The van der Waals surface area contributed by atoms with Gasteiger partial charge in [0.2, 0.25) is 0 Å². The van der Waals surface area contributed by atoms with Crippen LogP contribution in [0.1, 0.15) is 6.04 Å². The average molecular weight is 165 g/mol. The van der Waals surface area contributed by atoms with Crippen molar-refractivity contribution in [1.82, 2.24) is 25.1 Å². The number of piperidine rings is 1. The molecule has 12 heavy (non-hydrogen) atoms. The Morgan fingerprint density at radius 1 is 1.33 bits per heavy atom. The molecule has 0 spiro atoms. The van der Waals surface area contributed by atoms with Crippen molar-refractivity contribution in [1.29, 1.82) is 0 Å². The van der Waals surface area contributed by atoms with Crippen LogP contribution in [-0.4, -0.2) is 45.2 Å². The molecule has 1 saturated carbocycles. The quantitative estimate of drug-likeness (QED) is 0.558. The van der Waals surface area contributed by atoms with E-state index >= 15 is 0 Å². The van der Waals surface area contributed by atoms with Crippen molar-refractivity contribution in [3.05, 3.63) is 6.33 Å². The first-order valence-electron chi connectivity index (χ1n) is 4.27. The van der Waals surface area contributed by atoms with Gasteiger partial charge in [-0.3, -0.25) is 0 Å². The van der Waals surface area contributed by atoms with Crippen LogP contribution in [0.5, 0.6) is 0 Å². The zero-order valence-corrected chi connectivity index (χ0v) is 6.96. The molecule has 2 fully saturated rings. The second kappa shape index (κ2) is 2.04. The molecule has 5 nitrogen and oxygen atoms in total. The number of fused-ring (bicyclic) bond motifs is 1. The van der Waals surface area contributed by atoms with Crippen LogP contribution in [0, 0.1) is 11.8 Å². The number of likely N-dealkylation sites (tertiary alicyclic amines) is 1. The fourth-order valence-corrected chi connectivity index (χ4v) is 2.40. The van der Waals surface area contributed by atoms with E-state index in [0.29, 0.717) is 6.04 Å². The van der Waals surface area contributed by atoms with Gasteiger partial charge < -0.3 is 4.90 Å². The monoisotopic (exact) mass is 165 g/mol. The molecule has 0 N–H and O–H groups in total. The summed E-state index contributed by atoms with van der Waals surface area (Å²) in [7, 11) is 2.17. The topological polar surface area (TPSA) is 46.8 Å². The Hall–Kier alpha value is -0.970. The largest absolute Gasteiger partial charge is 0.306 e. The molecule has 0 amide bonds. The molecule has 2 heterocycles. The standard InChI is InChI=1S/C7H11N5/c1-11-2-5-6(3-11)7(5)12-4-8-9-10-12/h4-7H,2-3H2,1H3/t5-,6+,7+. The van der Waals surface area contributed by atoms with Crippen molar-refractivity contribution in [2.24, 2.45) is 11.8 Å². The van der Waals surface area contributed by atoms with Crippen molar-refractivity contribution >= 4 is 0 Å². The second-order valence-electron chi connectivity index (χ2n) is 3.83. The summed E-state index contributed by atoms with van der Waals surface area (Å²) >= 11 is 0. The lowest BCUT2D eigenvalue weighted by molar-refractivity contribution is 0.334. The van der Waals surface area contributed by atoms with Gasteiger partial charge in [-0.15, -0.1) is 5.10 Å². The molecule has 1 aromatic heterocycles. The van der Waals surface area contributed by atoms with Crippen molar-refractivity contribution in [3.63, 3.8) is 0 Å². The highest BCUT2D eigenvalue weighted by Crippen LogP contribution is 2.54. The van der Waals surface area contributed by atoms with Gasteiger partial charge in [-0.1, -0.05) is 0 Å². The van der Waals surface area contributed by atoms with Crippen molar-refractivity contribution in [2.45, 2.75) is 6.04 Å². The number of aromatic nitrogens is 4. The van der Waals surface area contributed by atoms with Crippen molar-refractivity contribution < 1.29 is 0 Å². The summed E-state index contributed by atoms with van der Waals surface area (Å²) < 4.78 is 1.91. The highest BCUT2D eigenvalue weighted by atomic mass is 15.5. The molecule has 0 radical (unpaired) electrons. The number of hydrogen-bond acceptors (Lipinski definition) is 4. The number of nitrogens with zero attached hydrogens (tertiary/aromatic N) is 5. The summed E-state index contributed by atoms with van der Waals surface area (Å²) in [5.74, 6) is 1.61. The van der Waals surface area contributed by atoms with Crippen molar-refractivity contribution in [3.8, 4) is 0 Å². The maximum absolute atomic E-state index is 3.92. The summed E-state index contributed by atoms with van der Waals surface area (Å²) in [6.45, 7) is 2.41. The first-order chi connectivity index (χ1) is 5.86. The van der Waals surface area contributed by atoms with Crippen LogP contribution < -0.4 is 0 Å². The third-order valence-corrected chi connectivity index (χ3v) is 3.00. The molecular weight excluding hydrogens is 154 g/mol. The molecule has 0 unspecified atom stereocenters. The first kappa shape index (κ1) is 6.54. The Kier molecular flexibility index (Phi) is 1.11. The van der Waals surface area contributed by atoms with Gasteiger partial charge in [0.1, 0.15) is 6.33 Å². The van der Waals surface area contributed by atoms with Crippen LogP contribution in [0.2, 0.25) is 0 Å². The van der Waals surface area contributed by atoms with Crippen LogP contribution in [0.15, 0.2) is 6.33 Å². The van der Waals surface area contributed by atoms with Gasteiger partial charge >= 0.3 is 0 Å². The minimum Gasteiger partial charge on any atom is -0.306 e. The van der Waals surface area contributed by atoms with Crippen LogP contribution in [0.25, 0.3) is 0 Å². The number of hydrogen-bond donors (Lipinski definition) is 0. The summed E-state index contributed by atoms with van der Waals surface area (Å²) in [6.07, 6.45) is 1.73. The smallest absolute Gasteiger partial charge is 0.138 e. The molecule has 64 valence electrons. The fraction of sp³-hybridized carbons (Fsp3) is 0.857. The molecule has 3 rings (SSSR count). The molecule has 1 aromatic rings. The Bertz CT molecular complexity index is 270. The Morgan fingerprint density at radius 2 is 2.08 bits per heavy atom. The molecule has 1 aliphatic carbocycles. The zero-order valence-electron chi connectivity index (χ0n) is 6.96. The molecule has 2 aliphatic rings. The molecule has 0 aromatic carbocycles. The molecule has 3 atom stereocenters. The lowest BCUT2D eigenvalue weighted by atomic mass is 10.4. The van der Waals surface area contributed by atoms with Crippen molar-refractivity contribution in [2.75, 3.05) is 20.1 Å². The second-order valence-corrected chi connectivity index (χ2v) is 3.83.